The molecule has 0 atom stereocenters. The molecule has 2 aromatic carbocycles. The molecule has 1 N–H and O–H groups in total. The van der Waals surface area contributed by atoms with E-state index in [4.69, 9.17) is 9.15 Å². The highest BCUT2D eigenvalue weighted by Crippen LogP contribution is 2.22. The zero-order valence-electron chi connectivity index (χ0n) is 14.0. The number of halogens is 2. The van der Waals surface area contributed by atoms with Crippen molar-refractivity contribution in [2.45, 2.75) is 13.0 Å². The van der Waals surface area contributed by atoms with Crippen LogP contribution in [0.5, 0.6) is 5.75 Å². The Morgan fingerprint density at radius 3 is 2.36 bits per heavy atom. The van der Waals surface area contributed by atoms with Crippen molar-refractivity contribution in [3.8, 4) is 17.1 Å². The van der Waals surface area contributed by atoms with E-state index in [9.17, 15) is 4.39 Å². The summed E-state index contributed by atoms with van der Waals surface area (Å²) in [6.45, 7) is 1.52. The van der Waals surface area contributed by atoms with Gasteiger partial charge >= 0.3 is 0 Å². The molecule has 0 spiro atoms. The standard InChI is InChI=1S/C20H20FNO2.ClH/c1-23-18-8-2-15(3-9-18)12-13-22-14-19-10-11-20(24-19)16-4-6-17(21)7-5-16;/h2-11,22H,12-14H2,1H3;1H. The summed E-state index contributed by atoms with van der Waals surface area (Å²) in [7, 11) is 1.67. The molecule has 0 radical (unpaired) electrons. The summed E-state index contributed by atoms with van der Waals surface area (Å²) in [6, 6.07) is 18.2. The number of hydrogen-bond acceptors (Lipinski definition) is 3. The first-order valence-electron chi connectivity index (χ1n) is 7.93. The van der Waals surface area contributed by atoms with E-state index in [1.165, 1.54) is 17.7 Å². The molecule has 0 saturated heterocycles. The lowest BCUT2D eigenvalue weighted by molar-refractivity contribution is 0.414. The summed E-state index contributed by atoms with van der Waals surface area (Å²) in [5, 5.41) is 3.37. The number of methoxy groups -OCH3 is 1. The average molecular weight is 362 g/mol. The van der Waals surface area contributed by atoms with Crippen LogP contribution in [0.25, 0.3) is 11.3 Å². The number of furan rings is 1. The van der Waals surface area contributed by atoms with E-state index >= 15 is 0 Å². The predicted octanol–water partition coefficient (Wildman–Crippen LogP) is 4.85. The highest BCUT2D eigenvalue weighted by Gasteiger charge is 2.05. The number of benzene rings is 2. The van der Waals surface area contributed by atoms with Crippen LogP contribution in [-0.4, -0.2) is 13.7 Å². The van der Waals surface area contributed by atoms with Gasteiger partial charge in [-0.1, -0.05) is 12.1 Å². The Labute approximate surface area is 153 Å². The second kappa shape index (κ2) is 9.25. The van der Waals surface area contributed by atoms with Crippen molar-refractivity contribution in [2.75, 3.05) is 13.7 Å². The highest BCUT2D eigenvalue weighted by molar-refractivity contribution is 5.85. The Morgan fingerprint density at radius 1 is 0.960 bits per heavy atom. The monoisotopic (exact) mass is 361 g/mol. The van der Waals surface area contributed by atoms with Gasteiger partial charge in [0.15, 0.2) is 0 Å². The summed E-state index contributed by atoms with van der Waals surface area (Å²) >= 11 is 0. The number of hydrogen-bond donors (Lipinski definition) is 1. The maximum Gasteiger partial charge on any atom is 0.134 e. The zero-order valence-corrected chi connectivity index (χ0v) is 14.8. The lowest BCUT2D eigenvalue weighted by Gasteiger charge is -2.05. The molecule has 0 unspecified atom stereocenters. The van der Waals surface area contributed by atoms with Crippen LogP contribution in [0.1, 0.15) is 11.3 Å². The first-order valence-corrected chi connectivity index (χ1v) is 7.93. The lowest BCUT2D eigenvalue weighted by Crippen LogP contribution is -2.16. The summed E-state index contributed by atoms with van der Waals surface area (Å²) in [6.07, 6.45) is 0.940. The Kier molecular flexibility index (Phi) is 7.04. The molecule has 132 valence electrons. The smallest absolute Gasteiger partial charge is 0.134 e. The van der Waals surface area contributed by atoms with Crippen LogP contribution < -0.4 is 10.1 Å². The van der Waals surface area contributed by atoms with Crippen LogP contribution in [0.15, 0.2) is 65.1 Å². The minimum absolute atomic E-state index is 0. The molecule has 0 bridgehead atoms. The Morgan fingerprint density at radius 2 is 1.68 bits per heavy atom. The summed E-state index contributed by atoms with van der Waals surface area (Å²) in [5.74, 6) is 2.24. The molecular formula is C20H21ClFNO2. The molecule has 0 fully saturated rings. The minimum Gasteiger partial charge on any atom is -0.497 e. The summed E-state index contributed by atoms with van der Waals surface area (Å²) < 4.78 is 23.9. The van der Waals surface area contributed by atoms with Gasteiger partial charge < -0.3 is 14.5 Å². The average Bonchev–Trinajstić information content (AvgIpc) is 3.09. The first kappa shape index (κ1) is 19.0. The second-order valence-electron chi connectivity index (χ2n) is 5.55. The van der Waals surface area contributed by atoms with Gasteiger partial charge in [-0.15, -0.1) is 12.4 Å². The molecule has 0 aliphatic heterocycles. The molecule has 0 saturated carbocycles. The fourth-order valence-corrected chi connectivity index (χ4v) is 2.48. The number of ether oxygens (including phenoxy) is 1. The van der Waals surface area contributed by atoms with Crippen LogP contribution in [0.4, 0.5) is 4.39 Å². The van der Waals surface area contributed by atoms with Crippen molar-refractivity contribution < 1.29 is 13.5 Å². The van der Waals surface area contributed by atoms with Gasteiger partial charge in [0.05, 0.1) is 13.7 Å². The normalized spacial score (nSPS) is 10.3. The fraction of sp³-hybridized carbons (Fsp3) is 0.200. The topological polar surface area (TPSA) is 34.4 Å². The van der Waals surface area contributed by atoms with Crippen molar-refractivity contribution >= 4 is 12.4 Å². The van der Waals surface area contributed by atoms with E-state index in [1.54, 1.807) is 19.2 Å². The van der Waals surface area contributed by atoms with Gasteiger partial charge in [-0.2, -0.15) is 0 Å². The Balaban J connectivity index is 0.00000225. The maximum absolute atomic E-state index is 12.9. The van der Waals surface area contributed by atoms with E-state index in [0.717, 1.165) is 35.8 Å². The van der Waals surface area contributed by atoms with Crippen LogP contribution in [0.3, 0.4) is 0 Å². The van der Waals surface area contributed by atoms with Gasteiger partial charge in [-0.3, -0.25) is 0 Å². The third-order valence-electron chi connectivity index (χ3n) is 3.84. The molecule has 3 aromatic rings. The van der Waals surface area contributed by atoms with E-state index < -0.39 is 0 Å². The van der Waals surface area contributed by atoms with Gasteiger partial charge in [0.25, 0.3) is 0 Å². The molecule has 1 aromatic heterocycles. The van der Waals surface area contributed by atoms with Crippen molar-refractivity contribution in [1.82, 2.24) is 5.32 Å². The number of nitrogens with one attached hydrogen (secondary N) is 1. The SMILES string of the molecule is COc1ccc(CCNCc2ccc(-c3ccc(F)cc3)o2)cc1.Cl. The van der Waals surface area contributed by atoms with E-state index in [0.29, 0.717) is 6.54 Å². The third kappa shape index (κ3) is 5.34. The Bertz CT molecular complexity index is 769. The Hall–Kier alpha value is -2.30. The molecule has 3 rings (SSSR count). The van der Waals surface area contributed by atoms with E-state index in [1.807, 2.05) is 24.3 Å². The molecule has 25 heavy (non-hydrogen) atoms. The van der Waals surface area contributed by atoms with Crippen LogP contribution >= 0.6 is 12.4 Å². The molecule has 5 heteroatoms. The second-order valence-corrected chi connectivity index (χ2v) is 5.55. The lowest BCUT2D eigenvalue weighted by atomic mass is 10.1. The minimum atomic E-state index is -0.245. The van der Waals surface area contributed by atoms with Gasteiger partial charge in [0, 0.05) is 5.56 Å². The van der Waals surface area contributed by atoms with Crippen molar-refractivity contribution in [3.63, 3.8) is 0 Å². The predicted molar refractivity (Wildman–Crippen MR) is 99.8 cm³/mol. The van der Waals surface area contributed by atoms with Crippen LogP contribution in [-0.2, 0) is 13.0 Å². The number of rotatable bonds is 7. The van der Waals surface area contributed by atoms with Gasteiger partial charge in [-0.05, 0) is 67.1 Å². The van der Waals surface area contributed by atoms with Gasteiger partial charge in [0.1, 0.15) is 23.1 Å². The molecule has 0 aliphatic rings. The highest BCUT2D eigenvalue weighted by atomic mass is 35.5. The molecule has 0 aliphatic carbocycles. The maximum atomic E-state index is 12.9. The van der Waals surface area contributed by atoms with Gasteiger partial charge in [0.2, 0.25) is 0 Å². The molecular weight excluding hydrogens is 341 g/mol. The first-order chi connectivity index (χ1) is 11.7. The molecule has 3 nitrogen and oxygen atoms in total. The van der Waals surface area contributed by atoms with E-state index in [2.05, 4.69) is 17.4 Å². The molecule has 1 heterocycles. The van der Waals surface area contributed by atoms with Crippen molar-refractivity contribution in [2.24, 2.45) is 0 Å². The van der Waals surface area contributed by atoms with Crippen molar-refractivity contribution in [3.05, 3.63) is 77.8 Å². The zero-order chi connectivity index (χ0) is 16.8. The summed E-state index contributed by atoms with van der Waals surface area (Å²) in [4.78, 5) is 0. The van der Waals surface area contributed by atoms with Crippen LogP contribution in [0.2, 0.25) is 0 Å². The van der Waals surface area contributed by atoms with Crippen LogP contribution in [0, 0.1) is 5.82 Å². The van der Waals surface area contributed by atoms with E-state index in [-0.39, 0.29) is 18.2 Å². The quantitative estimate of drug-likeness (QED) is 0.611. The fourth-order valence-electron chi connectivity index (χ4n) is 2.48. The summed E-state index contributed by atoms with van der Waals surface area (Å²) in [5.41, 5.74) is 2.13. The largest absolute Gasteiger partial charge is 0.497 e. The van der Waals surface area contributed by atoms with Gasteiger partial charge in [-0.25, -0.2) is 4.39 Å². The molecule has 0 amide bonds. The van der Waals surface area contributed by atoms with Crippen molar-refractivity contribution in [1.29, 1.82) is 0 Å². The third-order valence-corrected chi connectivity index (χ3v) is 3.84.